The fraction of sp³-hybridized carbons (Fsp3) is 0.318. The number of benzene rings is 1. The molecule has 3 heterocycles. The number of hydrogen-bond donors (Lipinski definition) is 1. The standard InChI is InChI=1S/C22H21ClF4N6O3S/c1-3-17-19(32-11-13(2)8-15(23)20(32)30-17)21(34)28-10-14-4-5-18(16(24)9-14)33-7-6-31(12-29-33)37(35,36)22(25,26)27/h4-5,8-9,11-12H,3,6-7,10H2,1-2H3,(H,28,34). The lowest BCUT2D eigenvalue weighted by Crippen LogP contribution is -2.46. The molecular formula is C22H21ClF4N6O3S. The van der Waals surface area contributed by atoms with Gasteiger partial charge in [-0.1, -0.05) is 24.6 Å². The van der Waals surface area contributed by atoms with Crippen molar-refractivity contribution >= 4 is 45.2 Å². The van der Waals surface area contributed by atoms with Gasteiger partial charge in [-0.05, 0) is 42.7 Å². The third kappa shape index (κ3) is 5.07. The first kappa shape index (κ1) is 26.7. The second-order valence-corrected chi connectivity index (χ2v) is 10.5. The van der Waals surface area contributed by atoms with E-state index in [2.05, 4.69) is 15.4 Å². The van der Waals surface area contributed by atoms with Crippen LogP contribution in [0.3, 0.4) is 0 Å². The van der Waals surface area contributed by atoms with Gasteiger partial charge in [0.1, 0.15) is 17.8 Å². The summed E-state index contributed by atoms with van der Waals surface area (Å²) >= 11 is 6.28. The van der Waals surface area contributed by atoms with E-state index < -0.39 is 33.8 Å². The number of nitrogens with one attached hydrogen (secondary N) is 1. The Bertz CT molecular complexity index is 1510. The molecule has 0 unspecified atom stereocenters. The quantitative estimate of drug-likeness (QED) is 0.462. The molecule has 9 nitrogen and oxygen atoms in total. The van der Waals surface area contributed by atoms with E-state index in [1.165, 1.54) is 12.1 Å². The molecule has 0 fully saturated rings. The van der Waals surface area contributed by atoms with Crippen molar-refractivity contribution in [3.63, 3.8) is 0 Å². The molecule has 0 radical (unpaired) electrons. The fourth-order valence-corrected chi connectivity index (χ4v) is 4.89. The predicted molar refractivity (Wildman–Crippen MR) is 129 cm³/mol. The molecule has 0 aliphatic carbocycles. The van der Waals surface area contributed by atoms with Crippen LogP contribution < -0.4 is 10.3 Å². The van der Waals surface area contributed by atoms with Gasteiger partial charge in [0.25, 0.3) is 5.91 Å². The number of aryl methyl sites for hydroxylation is 2. The summed E-state index contributed by atoms with van der Waals surface area (Å²) in [4.78, 5) is 17.5. The number of amides is 1. The summed E-state index contributed by atoms with van der Waals surface area (Å²) in [5.41, 5.74) is -2.95. The van der Waals surface area contributed by atoms with Crippen LogP contribution in [0.2, 0.25) is 5.02 Å². The highest BCUT2D eigenvalue weighted by Crippen LogP contribution is 2.28. The van der Waals surface area contributed by atoms with Crippen LogP contribution in [0.4, 0.5) is 23.2 Å². The first-order chi connectivity index (χ1) is 17.3. The number of hydrazone groups is 1. The molecule has 1 amide bonds. The number of nitrogens with zero attached hydrogens (tertiary/aromatic N) is 5. The van der Waals surface area contributed by atoms with Crippen LogP contribution in [0.1, 0.15) is 34.2 Å². The van der Waals surface area contributed by atoms with Gasteiger partial charge in [0.05, 0.1) is 29.5 Å². The molecule has 0 saturated heterocycles. The van der Waals surface area contributed by atoms with E-state index in [1.54, 1.807) is 16.7 Å². The van der Waals surface area contributed by atoms with Crippen LogP contribution in [-0.4, -0.2) is 53.0 Å². The Labute approximate surface area is 214 Å². The molecule has 15 heteroatoms. The van der Waals surface area contributed by atoms with Crippen molar-refractivity contribution in [1.29, 1.82) is 0 Å². The first-order valence-corrected chi connectivity index (χ1v) is 12.8. The van der Waals surface area contributed by atoms with Gasteiger partial charge in [-0.25, -0.2) is 13.7 Å². The van der Waals surface area contributed by atoms with E-state index in [9.17, 15) is 30.8 Å². The molecular weight excluding hydrogens is 540 g/mol. The van der Waals surface area contributed by atoms with Gasteiger partial charge in [-0.2, -0.15) is 26.7 Å². The van der Waals surface area contributed by atoms with E-state index in [0.717, 1.165) is 16.6 Å². The predicted octanol–water partition coefficient (Wildman–Crippen LogP) is 3.84. The number of pyridine rings is 1. The highest BCUT2D eigenvalue weighted by atomic mass is 35.5. The smallest absolute Gasteiger partial charge is 0.347 e. The molecule has 1 aromatic carbocycles. The zero-order chi connectivity index (χ0) is 27.1. The van der Waals surface area contributed by atoms with Crippen molar-refractivity contribution in [2.75, 3.05) is 18.1 Å². The fourth-order valence-electron chi connectivity index (χ4n) is 3.83. The van der Waals surface area contributed by atoms with E-state index in [0.29, 0.717) is 40.4 Å². The summed E-state index contributed by atoms with van der Waals surface area (Å²) in [6, 6.07) is 5.76. The van der Waals surface area contributed by atoms with E-state index in [1.807, 2.05) is 13.8 Å². The van der Waals surface area contributed by atoms with Crippen molar-refractivity contribution in [2.24, 2.45) is 5.10 Å². The molecule has 1 aliphatic heterocycles. The van der Waals surface area contributed by atoms with E-state index in [4.69, 9.17) is 11.6 Å². The van der Waals surface area contributed by atoms with Crippen LogP contribution in [-0.2, 0) is 23.0 Å². The number of alkyl halides is 3. The van der Waals surface area contributed by atoms with Crippen LogP contribution in [0, 0.1) is 12.7 Å². The summed E-state index contributed by atoms with van der Waals surface area (Å²) in [7, 11) is -5.57. The minimum absolute atomic E-state index is 0.0210. The Morgan fingerprint density at radius 1 is 1.22 bits per heavy atom. The first-order valence-electron chi connectivity index (χ1n) is 11.0. The van der Waals surface area contributed by atoms with Crippen molar-refractivity contribution < 1.29 is 30.8 Å². The van der Waals surface area contributed by atoms with E-state index in [-0.39, 0.29) is 23.1 Å². The number of carbonyl (C=O) groups excluding carboxylic acids is 1. The molecule has 1 N–H and O–H groups in total. The SMILES string of the molecule is CCc1nc2c(Cl)cc(C)cn2c1C(=O)NCc1ccc(N2CCN(S(=O)(=O)C(F)(F)F)C=N2)c(F)c1. The van der Waals surface area contributed by atoms with Crippen LogP contribution in [0.15, 0.2) is 35.6 Å². The lowest BCUT2D eigenvalue weighted by Gasteiger charge is -2.29. The molecule has 2 aromatic heterocycles. The molecule has 0 atom stereocenters. The number of fused-ring (bicyclic) bond motifs is 1. The highest BCUT2D eigenvalue weighted by molar-refractivity contribution is 7.90. The molecule has 0 spiro atoms. The third-order valence-corrected chi connectivity index (χ3v) is 7.39. The molecule has 1 aliphatic rings. The number of imidazole rings is 1. The second kappa shape index (κ2) is 9.82. The van der Waals surface area contributed by atoms with Crippen LogP contribution in [0.25, 0.3) is 5.65 Å². The van der Waals surface area contributed by atoms with Gasteiger partial charge in [0.2, 0.25) is 0 Å². The zero-order valence-electron chi connectivity index (χ0n) is 19.6. The number of carbonyl (C=O) groups is 1. The average molecular weight is 561 g/mol. The van der Waals surface area contributed by atoms with Gasteiger partial charge in [-0.3, -0.25) is 14.2 Å². The van der Waals surface area contributed by atoms with Crippen molar-refractivity contribution in [3.8, 4) is 0 Å². The maximum absolute atomic E-state index is 14.8. The number of rotatable bonds is 6. The van der Waals surface area contributed by atoms with Gasteiger partial charge >= 0.3 is 15.5 Å². The van der Waals surface area contributed by atoms with E-state index >= 15 is 0 Å². The Kier molecular flexibility index (Phi) is 7.08. The molecule has 37 heavy (non-hydrogen) atoms. The Hall–Kier alpha value is -3.39. The molecule has 198 valence electrons. The normalized spacial score (nSPS) is 14.5. The molecule has 3 aromatic rings. The summed E-state index contributed by atoms with van der Waals surface area (Å²) in [6.45, 7) is 2.81. The summed E-state index contributed by atoms with van der Waals surface area (Å²) < 4.78 is 77.6. The van der Waals surface area contributed by atoms with Gasteiger partial charge < -0.3 is 5.32 Å². The largest absolute Gasteiger partial charge is 0.516 e. The number of sulfonamides is 1. The number of hydrogen-bond acceptors (Lipinski definition) is 6. The Balaban J connectivity index is 1.48. The second-order valence-electron chi connectivity index (χ2n) is 8.20. The lowest BCUT2D eigenvalue weighted by atomic mass is 10.1. The summed E-state index contributed by atoms with van der Waals surface area (Å²) in [6.07, 6.45) is 2.73. The minimum Gasteiger partial charge on any atom is -0.347 e. The topological polar surface area (TPSA) is 99.4 Å². The highest BCUT2D eigenvalue weighted by Gasteiger charge is 2.50. The average Bonchev–Trinajstić information content (AvgIpc) is 3.21. The van der Waals surface area contributed by atoms with Crippen molar-refractivity contribution in [1.82, 2.24) is 19.0 Å². The zero-order valence-corrected chi connectivity index (χ0v) is 21.1. The summed E-state index contributed by atoms with van der Waals surface area (Å²) in [5.74, 6) is -1.18. The van der Waals surface area contributed by atoms with Crippen molar-refractivity contribution in [3.05, 3.63) is 63.8 Å². The minimum atomic E-state index is -5.57. The monoisotopic (exact) mass is 560 g/mol. The molecule has 0 bridgehead atoms. The van der Waals surface area contributed by atoms with Gasteiger partial charge in [0, 0.05) is 12.7 Å². The van der Waals surface area contributed by atoms with Gasteiger partial charge in [-0.15, -0.1) is 0 Å². The molecule has 4 rings (SSSR count). The maximum Gasteiger partial charge on any atom is 0.516 e. The van der Waals surface area contributed by atoms with Crippen LogP contribution >= 0.6 is 11.6 Å². The van der Waals surface area contributed by atoms with Crippen LogP contribution in [0.5, 0.6) is 0 Å². The lowest BCUT2D eigenvalue weighted by molar-refractivity contribution is -0.0471. The number of anilines is 1. The van der Waals surface area contributed by atoms with Gasteiger partial charge in [0.15, 0.2) is 5.65 Å². The third-order valence-electron chi connectivity index (χ3n) is 5.63. The Morgan fingerprint density at radius 2 is 1.95 bits per heavy atom. The van der Waals surface area contributed by atoms with Crippen molar-refractivity contribution in [2.45, 2.75) is 32.3 Å². The molecule has 0 saturated carbocycles. The number of aromatic nitrogens is 2. The maximum atomic E-state index is 14.8. The summed E-state index contributed by atoms with van der Waals surface area (Å²) in [5, 5.41) is 7.85. The number of halogens is 5. The Morgan fingerprint density at radius 3 is 2.54 bits per heavy atom.